The van der Waals surface area contributed by atoms with Crippen molar-refractivity contribution in [2.24, 2.45) is 0 Å². The van der Waals surface area contributed by atoms with Gasteiger partial charge in [0, 0.05) is 6.07 Å². The molecule has 0 saturated carbocycles. The number of rotatable bonds is 3. The lowest BCUT2D eigenvalue weighted by atomic mass is 10.0. The maximum absolute atomic E-state index is 9.64. The molecule has 0 atom stereocenters. The Bertz CT molecular complexity index is 490. The van der Waals surface area contributed by atoms with Crippen LogP contribution in [0, 0.1) is 0 Å². The summed E-state index contributed by atoms with van der Waals surface area (Å²) in [6.07, 6.45) is 0. The average Bonchev–Trinajstić information content (AvgIpc) is 2.29. The number of benzene rings is 2. The fraction of sp³-hybridized carbons (Fsp3) is 0.200. The predicted octanol–water partition coefficient (Wildman–Crippen LogP) is 4.31. The van der Waals surface area contributed by atoms with Crippen LogP contribution in [0.4, 0.5) is 0 Å². The molecule has 88 valence electrons. The van der Waals surface area contributed by atoms with Crippen molar-refractivity contribution in [2.75, 3.05) is 0 Å². The van der Waals surface area contributed by atoms with Gasteiger partial charge in [0.2, 0.25) is 0 Å². The summed E-state index contributed by atoms with van der Waals surface area (Å²) in [5, 5.41) is 9.64. The van der Waals surface area contributed by atoms with Gasteiger partial charge >= 0.3 is 0 Å². The second kappa shape index (κ2) is 4.91. The van der Waals surface area contributed by atoms with Crippen LogP contribution in [-0.2, 0) is 0 Å². The monoisotopic (exact) mass is 228 g/mol. The summed E-state index contributed by atoms with van der Waals surface area (Å²) in [6.45, 7) is 4.17. The van der Waals surface area contributed by atoms with Gasteiger partial charge in [-0.05, 0) is 35.7 Å². The summed E-state index contributed by atoms with van der Waals surface area (Å²) in [5.74, 6) is 2.04. The maximum atomic E-state index is 9.64. The number of para-hydroxylation sites is 1. The zero-order valence-electron chi connectivity index (χ0n) is 10.1. The topological polar surface area (TPSA) is 29.5 Å². The third kappa shape index (κ3) is 3.00. The van der Waals surface area contributed by atoms with E-state index < -0.39 is 0 Å². The van der Waals surface area contributed by atoms with E-state index in [0.717, 1.165) is 11.3 Å². The van der Waals surface area contributed by atoms with Crippen LogP contribution in [0.1, 0.15) is 25.3 Å². The van der Waals surface area contributed by atoms with Crippen LogP contribution in [0.25, 0.3) is 0 Å². The predicted molar refractivity (Wildman–Crippen MR) is 68.7 cm³/mol. The van der Waals surface area contributed by atoms with E-state index in [0.29, 0.717) is 11.7 Å². The zero-order valence-corrected chi connectivity index (χ0v) is 10.1. The summed E-state index contributed by atoms with van der Waals surface area (Å²) in [5.41, 5.74) is 1.07. The van der Waals surface area contributed by atoms with Crippen molar-refractivity contribution in [2.45, 2.75) is 19.8 Å². The Labute approximate surface area is 101 Å². The molecule has 0 unspecified atom stereocenters. The molecule has 0 heterocycles. The minimum Gasteiger partial charge on any atom is -0.508 e. The molecule has 2 aromatic rings. The quantitative estimate of drug-likeness (QED) is 0.848. The third-order valence-corrected chi connectivity index (χ3v) is 2.56. The van der Waals surface area contributed by atoms with Gasteiger partial charge in [-0.15, -0.1) is 0 Å². The molecule has 2 heteroatoms. The van der Waals surface area contributed by atoms with Gasteiger partial charge in [-0.1, -0.05) is 32.0 Å². The lowest BCUT2D eigenvalue weighted by molar-refractivity contribution is 0.453. The van der Waals surface area contributed by atoms with Crippen LogP contribution in [0.3, 0.4) is 0 Å². The van der Waals surface area contributed by atoms with Gasteiger partial charge in [0.1, 0.15) is 17.2 Å². The van der Waals surface area contributed by atoms with Gasteiger partial charge < -0.3 is 9.84 Å². The maximum Gasteiger partial charge on any atom is 0.131 e. The highest BCUT2D eigenvalue weighted by Gasteiger charge is 2.05. The smallest absolute Gasteiger partial charge is 0.131 e. The Morgan fingerprint density at radius 2 is 1.65 bits per heavy atom. The molecule has 1 N–H and O–H groups in total. The molecule has 0 aromatic heterocycles. The summed E-state index contributed by atoms with van der Waals surface area (Å²) >= 11 is 0. The molecule has 2 aromatic carbocycles. The van der Waals surface area contributed by atoms with Gasteiger partial charge in [-0.25, -0.2) is 0 Å². The van der Waals surface area contributed by atoms with E-state index >= 15 is 0 Å². The third-order valence-electron chi connectivity index (χ3n) is 2.56. The first kappa shape index (κ1) is 11.5. The van der Waals surface area contributed by atoms with Crippen LogP contribution in [0.5, 0.6) is 17.2 Å². The summed E-state index contributed by atoms with van der Waals surface area (Å²) in [4.78, 5) is 0. The molecule has 0 saturated heterocycles. The SMILES string of the molecule is CC(C)c1cc(O)cc(Oc2ccccc2)c1. The van der Waals surface area contributed by atoms with Crippen molar-refractivity contribution < 1.29 is 9.84 Å². The van der Waals surface area contributed by atoms with Gasteiger partial charge in [-0.2, -0.15) is 0 Å². The molecule has 0 aliphatic rings. The van der Waals surface area contributed by atoms with Gasteiger partial charge in [0.25, 0.3) is 0 Å². The molecule has 2 nitrogen and oxygen atoms in total. The molecule has 0 spiro atoms. The van der Waals surface area contributed by atoms with Crippen molar-refractivity contribution in [1.29, 1.82) is 0 Å². The van der Waals surface area contributed by atoms with Gasteiger partial charge in [0.15, 0.2) is 0 Å². The molecule has 0 amide bonds. The van der Waals surface area contributed by atoms with Crippen LogP contribution < -0.4 is 4.74 Å². The average molecular weight is 228 g/mol. The normalized spacial score (nSPS) is 10.5. The first-order chi connectivity index (χ1) is 8.15. The van der Waals surface area contributed by atoms with Crippen molar-refractivity contribution in [3.05, 3.63) is 54.1 Å². The van der Waals surface area contributed by atoms with Gasteiger partial charge in [0.05, 0.1) is 0 Å². The summed E-state index contributed by atoms with van der Waals surface area (Å²) < 4.78 is 5.69. The van der Waals surface area contributed by atoms with Crippen molar-refractivity contribution in [1.82, 2.24) is 0 Å². The van der Waals surface area contributed by atoms with Gasteiger partial charge in [-0.3, -0.25) is 0 Å². The van der Waals surface area contributed by atoms with Crippen LogP contribution in [0.15, 0.2) is 48.5 Å². The highest BCUT2D eigenvalue weighted by atomic mass is 16.5. The van der Waals surface area contributed by atoms with E-state index in [1.807, 2.05) is 36.4 Å². The second-order valence-electron chi connectivity index (χ2n) is 4.33. The first-order valence-electron chi connectivity index (χ1n) is 5.72. The molecule has 0 aliphatic heterocycles. The number of aromatic hydroxyl groups is 1. The number of ether oxygens (including phenoxy) is 1. The minimum atomic E-state index is 0.238. The van der Waals surface area contributed by atoms with Crippen LogP contribution in [-0.4, -0.2) is 5.11 Å². The molecular formula is C15H16O2. The van der Waals surface area contributed by atoms with E-state index in [9.17, 15) is 5.11 Å². The molecule has 0 radical (unpaired) electrons. The second-order valence-corrected chi connectivity index (χ2v) is 4.33. The molecule has 17 heavy (non-hydrogen) atoms. The lowest BCUT2D eigenvalue weighted by Gasteiger charge is -2.10. The molecular weight excluding hydrogens is 212 g/mol. The lowest BCUT2D eigenvalue weighted by Crippen LogP contribution is -1.90. The standard InChI is InChI=1S/C15H16O2/c1-11(2)12-8-13(16)10-15(9-12)17-14-6-4-3-5-7-14/h3-11,16H,1-2H3. The molecule has 0 aliphatic carbocycles. The van der Waals surface area contributed by atoms with Crippen molar-refractivity contribution in [3.8, 4) is 17.2 Å². The van der Waals surface area contributed by atoms with E-state index in [1.165, 1.54) is 0 Å². The first-order valence-corrected chi connectivity index (χ1v) is 5.72. The Kier molecular flexibility index (Phi) is 3.33. The molecule has 2 rings (SSSR count). The molecule has 0 fully saturated rings. The fourth-order valence-corrected chi connectivity index (χ4v) is 1.62. The number of hydrogen-bond acceptors (Lipinski definition) is 2. The van der Waals surface area contributed by atoms with E-state index in [4.69, 9.17) is 4.74 Å². The summed E-state index contributed by atoms with van der Waals surface area (Å²) in [7, 11) is 0. The number of phenols is 1. The van der Waals surface area contributed by atoms with Crippen LogP contribution in [0.2, 0.25) is 0 Å². The fourth-order valence-electron chi connectivity index (χ4n) is 1.62. The largest absolute Gasteiger partial charge is 0.508 e. The Balaban J connectivity index is 2.27. The molecule has 0 bridgehead atoms. The highest BCUT2D eigenvalue weighted by Crippen LogP contribution is 2.29. The Morgan fingerprint density at radius 3 is 2.29 bits per heavy atom. The van der Waals surface area contributed by atoms with E-state index in [2.05, 4.69) is 13.8 Å². The number of phenolic OH excluding ortho intramolecular Hbond substituents is 1. The van der Waals surface area contributed by atoms with Crippen molar-refractivity contribution >= 4 is 0 Å². The number of hydrogen-bond donors (Lipinski definition) is 1. The Morgan fingerprint density at radius 1 is 0.941 bits per heavy atom. The van der Waals surface area contributed by atoms with E-state index in [1.54, 1.807) is 12.1 Å². The highest BCUT2D eigenvalue weighted by molar-refractivity contribution is 5.41. The zero-order chi connectivity index (χ0) is 12.3. The van der Waals surface area contributed by atoms with Crippen molar-refractivity contribution in [3.63, 3.8) is 0 Å². The summed E-state index contributed by atoms with van der Waals surface area (Å²) in [6, 6.07) is 14.9. The van der Waals surface area contributed by atoms with Crippen LogP contribution >= 0.6 is 0 Å². The minimum absolute atomic E-state index is 0.238. The Hall–Kier alpha value is -1.96. The van der Waals surface area contributed by atoms with E-state index in [-0.39, 0.29) is 5.75 Å².